The van der Waals surface area contributed by atoms with Gasteiger partial charge in [-0.15, -0.1) is 0 Å². The molecule has 41 heavy (non-hydrogen) atoms. The fraction of sp³-hybridized carbons (Fsp3) is 0.152. The maximum Gasteiger partial charge on any atom is 0.338 e. The summed E-state index contributed by atoms with van der Waals surface area (Å²) in [6, 6.07) is 26.7. The van der Waals surface area contributed by atoms with Crippen LogP contribution in [0.15, 0.2) is 106 Å². The average molecular weight is 559 g/mol. The topological polar surface area (TPSA) is 89.4 Å². The monoisotopic (exact) mass is 558 g/mol. The van der Waals surface area contributed by atoms with Crippen molar-refractivity contribution in [2.75, 3.05) is 7.11 Å². The van der Waals surface area contributed by atoms with Crippen molar-refractivity contribution in [3.63, 3.8) is 0 Å². The summed E-state index contributed by atoms with van der Waals surface area (Å²) in [5, 5.41) is 10.6. The van der Waals surface area contributed by atoms with Crippen LogP contribution in [0.1, 0.15) is 41.6 Å². The number of carbonyl (C=O) groups is 1. The number of ether oxygens (including phenoxy) is 1. The number of aromatic nitrogens is 2. The van der Waals surface area contributed by atoms with Gasteiger partial charge in [-0.05, 0) is 35.8 Å². The predicted molar refractivity (Wildman–Crippen MR) is 159 cm³/mol. The van der Waals surface area contributed by atoms with Crippen molar-refractivity contribution in [2.24, 2.45) is 4.99 Å². The van der Waals surface area contributed by atoms with E-state index in [4.69, 9.17) is 9.73 Å². The lowest BCUT2D eigenvalue weighted by Gasteiger charge is -2.25. The molecule has 0 amide bonds. The Kier molecular flexibility index (Phi) is 6.96. The van der Waals surface area contributed by atoms with Crippen molar-refractivity contribution in [1.29, 1.82) is 5.26 Å². The van der Waals surface area contributed by atoms with Crippen LogP contribution in [0.2, 0.25) is 0 Å². The molecule has 0 spiro atoms. The minimum Gasteiger partial charge on any atom is -0.466 e. The molecule has 1 atom stereocenters. The Hall–Kier alpha value is -5.00. The number of hydrogen-bond donors (Lipinski definition) is 0. The van der Waals surface area contributed by atoms with E-state index in [1.54, 1.807) is 4.57 Å². The van der Waals surface area contributed by atoms with Crippen LogP contribution in [0.3, 0.4) is 0 Å². The zero-order chi connectivity index (χ0) is 28.5. The van der Waals surface area contributed by atoms with Crippen LogP contribution in [0.25, 0.3) is 17.0 Å². The summed E-state index contributed by atoms with van der Waals surface area (Å²) in [6.07, 6.45) is 4.44. The van der Waals surface area contributed by atoms with Gasteiger partial charge in [-0.2, -0.15) is 5.26 Å². The third-order valence-corrected chi connectivity index (χ3v) is 8.33. The summed E-state index contributed by atoms with van der Waals surface area (Å²) >= 11 is 1.31. The van der Waals surface area contributed by atoms with Gasteiger partial charge in [-0.3, -0.25) is 9.36 Å². The van der Waals surface area contributed by atoms with E-state index in [2.05, 4.69) is 10.6 Å². The van der Waals surface area contributed by atoms with Gasteiger partial charge in [0.1, 0.15) is 0 Å². The van der Waals surface area contributed by atoms with Gasteiger partial charge in [0, 0.05) is 29.2 Å². The number of thiazole rings is 1. The highest BCUT2D eigenvalue weighted by molar-refractivity contribution is 7.07. The van der Waals surface area contributed by atoms with Crippen LogP contribution in [-0.2, 0) is 16.1 Å². The second kappa shape index (κ2) is 10.9. The van der Waals surface area contributed by atoms with Crippen molar-refractivity contribution in [2.45, 2.75) is 25.9 Å². The number of carbonyl (C=O) groups excluding carboxylic acids is 1. The molecule has 0 N–H and O–H groups in total. The first kappa shape index (κ1) is 26.2. The van der Waals surface area contributed by atoms with Gasteiger partial charge < -0.3 is 9.30 Å². The molecule has 0 bridgehead atoms. The van der Waals surface area contributed by atoms with Crippen molar-refractivity contribution < 1.29 is 9.53 Å². The van der Waals surface area contributed by atoms with Gasteiger partial charge >= 0.3 is 5.97 Å². The molecule has 0 saturated heterocycles. The van der Waals surface area contributed by atoms with Gasteiger partial charge in [-0.1, -0.05) is 85.0 Å². The van der Waals surface area contributed by atoms with Gasteiger partial charge in [0.25, 0.3) is 5.56 Å². The standard InChI is InChI=1S/C33H26N4O3S/c1-3-26-29(32(39)40-2)30(21-11-5-4-6-12-21)37-31(38)28(41-33(37)35-26)17-24-20-36(27-16-10-9-15-25(24)27)19-23-14-8-7-13-22(23)18-34/h4-17,20,30H,3,19H2,1-2H3/b28-17-/t30-/m1/s1. The molecule has 5 aromatic rings. The minimum atomic E-state index is -0.638. The maximum absolute atomic E-state index is 14.0. The number of methoxy groups -OCH3 is 1. The Balaban J connectivity index is 1.54. The summed E-state index contributed by atoms with van der Waals surface area (Å²) in [5.41, 5.74) is 5.04. The van der Waals surface area contributed by atoms with Gasteiger partial charge in [0.05, 0.1) is 40.6 Å². The Morgan fingerprint density at radius 2 is 1.80 bits per heavy atom. The number of rotatable bonds is 6. The average Bonchev–Trinajstić information content (AvgIpc) is 3.52. The highest BCUT2D eigenvalue weighted by atomic mass is 32.1. The Morgan fingerprint density at radius 3 is 2.56 bits per heavy atom. The van der Waals surface area contributed by atoms with Crippen LogP contribution in [0.5, 0.6) is 0 Å². The zero-order valence-electron chi connectivity index (χ0n) is 22.6. The summed E-state index contributed by atoms with van der Waals surface area (Å²) in [4.78, 5) is 32.3. The largest absolute Gasteiger partial charge is 0.466 e. The number of nitrogens with zero attached hydrogens (tertiary/aromatic N) is 4. The molecule has 6 rings (SSSR count). The van der Waals surface area contributed by atoms with Crippen LogP contribution in [0.4, 0.5) is 0 Å². The fourth-order valence-corrected chi connectivity index (χ4v) is 6.44. The molecule has 0 fully saturated rings. The minimum absolute atomic E-state index is 0.217. The molecule has 0 aliphatic carbocycles. The smallest absolute Gasteiger partial charge is 0.338 e. The van der Waals surface area contributed by atoms with E-state index >= 15 is 0 Å². The SMILES string of the molecule is CCC1=C(C(=O)OC)[C@@H](c2ccccc2)n2c(s/c(=C\c3cn(Cc4ccccc4C#N)c4ccccc34)c2=O)=N1. The third-order valence-electron chi connectivity index (χ3n) is 7.35. The molecule has 202 valence electrons. The Labute approximate surface area is 240 Å². The predicted octanol–water partition coefficient (Wildman–Crippen LogP) is 4.67. The van der Waals surface area contributed by atoms with Gasteiger partial charge in [0.2, 0.25) is 0 Å². The van der Waals surface area contributed by atoms with Crippen LogP contribution < -0.4 is 14.9 Å². The molecule has 3 aromatic carbocycles. The number of para-hydroxylation sites is 1. The Morgan fingerprint density at radius 1 is 1.07 bits per heavy atom. The van der Waals surface area contributed by atoms with Crippen LogP contribution in [0, 0.1) is 11.3 Å². The second-order valence-electron chi connectivity index (χ2n) is 9.70. The normalized spacial score (nSPS) is 15.0. The highest BCUT2D eigenvalue weighted by Gasteiger charge is 2.33. The first-order chi connectivity index (χ1) is 20.0. The number of esters is 1. The summed E-state index contributed by atoms with van der Waals surface area (Å²) < 4.78 is 9.38. The van der Waals surface area contributed by atoms with Crippen LogP contribution in [-0.4, -0.2) is 22.2 Å². The molecular formula is C33H26N4O3S. The summed E-state index contributed by atoms with van der Waals surface area (Å²) in [6.45, 7) is 2.47. The number of hydrogen-bond acceptors (Lipinski definition) is 6. The quantitative estimate of drug-likeness (QED) is 0.283. The third kappa shape index (κ3) is 4.60. The summed E-state index contributed by atoms with van der Waals surface area (Å²) in [5.74, 6) is -0.491. The number of allylic oxidation sites excluding steroid dienone is 1. The first-order valence-corrected chi connectivity index (χ1v) is 14.1. The molecule has 0 saturated carbocycles. The Bertz CT molecular complexity index is 2060. The molecule has 7 nitrogen and oxygen atoms in total. The summed E-state index contributed by atoms with van der Waals surface area (Å²) in [7, 11) is 1.35. The van der Waals surface area contributed by atoms with E-state index in [0.29, 0.717) is 39.1 Å². The zero-order valence-corrected chi connectivity index (χ0v) is 23.4. The van der Waals surface area contributed by atoms with E-state index in [9.17, 15) is 14.9 Å². The maximum atomic E-state index is 14.0. The van der Waals surface area contributed by atoms with Gasteiger partial charge in [-0.25, -0.2) is 9.79 Å². The molecule has 1 aliphatic rings. The van der Waals surface area contributed by atoms with Crippen molar-refractivity contribution in [3.8, 4) is 6.07 Å². The molecule has 0 radical (unpaired) electrons. The fourth-order valence-electron chi connectivity index (χ4n) is 5.43. The lowest BCUT2D eigenvalue weighted by Crippen LogP contribution is -2.40. The van der Waals surface area contributed by atoms with E-state index in [1.165, 1.54) is 18.4 Å². The van der Waals surface area contributed by atoms with Crippen molar-refractivity contribution >= 4 is 34.3 Å². The second-order valence-corrected chi connectivity index (χ2v) is 10.7. The molecule has 2 aromatic heterocycles. The van der Waals surface area contributed by atoms with Crippen molar-refractivity contribution in [1.82, 2.24) is 9.13 Å². The number of benzene rings is 3. The van der Waals surface area contributed by atoms with Crippen molar-refractivity contribution in [3.05, 3.63) is 138 Å². The first-order valence-electron chi connectivity index (χ1n) is 13.3. The molecule has 1 aliphatic heterocycles. The van der Waals surface area contributed by atoms with E-state index in [1.807, 2.05) is 98.1 Å². The van der Waals surface area contributed by atoms with Crippen LogP contribution >= 0.6 is 11.3 Å². The number of nitriles is 1. The van der Waals surface area contributed by atoms with Gasteiger partial charge in [0.15, 0.2) is 4.80 Å². The molecule has 3 heterocycles. The highest BCUT2D eigenvalue weighted by Crippen LogP contribution is 2.32. The van der Waals surface area contributed by atoms with E-state index in [0.717, 1.165) is 27.6 Å². The molecular weight excluding hydrogens is 532 g/mol. The van der Waals surface area contributed by atoms with E-state index in [-0.39, 0.29) is 5.56 Å². The lowest BCUT2D eigenvalue weighted by atomic mass is 9.95. The molecule has 8 heteroatoms. The molecule has 0 unspecified atom stereocenters. The lowest BCUT2D eigenvalue weighted by molar-refractivity contribution is -0.136. The number of fused-ring (bicyclic) bond motifs is 2. The van der Waals surface area contributed by atoms with E-state index < -0.39 is 12.0 Å².